The molecule has 0 saturated carbocycles. The molecular weight excluding hydrogens is 209 g/mol. The number of carbonyl (C=O) groups is 1. The Morgan fingerprint density at radius 3 is 2.40 bits per heavy atom. The van der Waals surface area contributed by atoms with Crippen molar-refractivity contribution in [2.24, 2.45) is 0 Å². The van der Waals surface area contributed by atoms with Crippen molar-refractivity contribution in [3.63, 3.8) is 0 Å². The Kier molecular flexibility index (Phi) is 3.34. The molecule has 1 N–H and O–H groups in total. The van der Waals surface area contributed by atoms with Gasteiger partial charge in [0, 0.05) is 5.92 Å². The summed E-state index contributed by atoms with van der Waals surface area (Å²) in [5.41, 5.74) is 0.115. The molecule has 5 heteroatoms. The highest BCUT2D eigenvalue weighted by molar-refractivity contribution is 5.73. The van der Waals surface area contributed by atoms with E-state index in [-0.39, 0.29) is 5.56 Å². The minimum Gasteiger partial charge on any atom is -0.479 e. The minimum absolute atomic E-state index is 0.115. The summed E-state index contributed by atoms with van der Waals surface area (Å²) in [6.45, 7) is 1.30. The largest absolute Gasteiger partial charge is 0.479 e. The fourth-order valence-electron chi connectivity index (χ4n) is 1.18. The molecule has 0 aliphatic carbocycles. The number of hydrogen-bond donors (Lipinski definition) is 1. The zero-order valence-corrected chi connectivity index (χ0v) is 7.88. The Morgan fingerprint density at radius 2 is 1.93 bits per heavy atom. The van der Waals surface area contributed by atoms with Crippen LogP contribution < -0.4 is 0 Å². The van der Waals surface area contributed by atoms with Crippen LogP contribution in [-0.4, -0.2) is 17.2 Å². The molecule has 2 nitrogen and oxygen atoms in total. The molecule has 1 aromatic carbocycles. The van der Waals surface area contributed by atoms with Gasteiger partial charge in [0.05, 0.1) is 0 Å². The molecule has 2 unspecified atom stereocenters. The predicted octanol–water partition coefficient (Wildman–Crippen LogP) is 2.49. The third-order valence-electron chi connectivity index (χ3n) is 2.14. The van der Waals surface area contributed by atoms with Crippen LogP contribution in [0.5, 0.6) is 0 Å². The summed E-state index contributed by atoms with van der Waals surface area (Å²) in [7, 11) is 0. The van der Waals surface area contributed by atoms with E-state index in [4.69, 9.17) is 5.11 Å². The lowest BCUT2D eigenvalue weighted by atomic mass is 9.96. The predicted molar refractivity (Wildman–Crippen MR) is 47.3 cm³/mol. The van der Waals surface area contributed by atoms with Gasteiger partial charge in [-0.1, -0.05) is 13.0 Å². The third kappa shape index (κ3) is 2.49. The van der Waals surface area contributed by atoms with Crippen molar-refractivity contribution in [1.82, 2.24) is 0 Å². The summed E-state index contributed by atoms with van der Waals surface area (Å²) in [6.07, 6.45) is -2.13. The number of carboxylic acids is 1. The van der Waals surface area contributed by atoms with Crippen LogP contribution in [0, 0.1) is 11.6 Å². The molecule has 0 aliphatic rings. The quantitative estimate of drug-likeness (QED) is 0.846. The van der Waals surface area contributed by atoms with E-state index < -0.39 is 29.7 Å². The van der Waals surface area contributed by atoms with E-state index in [1.54, 1.807) is 0 Å². The van der Waals surface area contributed by atoms with Crippen LogP contribution in [0.3, 0.4) is 0 Å². The second kappa shape index (κ2) is 4.33. The van der Waals surface area contributed by atoms with Crippen LogP contribution in [0.25, 0.3) is 0 Å². The monoisotopic (exact) mass is 218 g/mol. The van der Waals surface area contributed by atoms with Crippen molar-refractivity contribution in [2.75, 3.05) is 0 Å². The maximum Gasteiger partial charge on any atom is 0.338 e. The SMILES string of the molecule is CC(c1ccc(F)c(F)c1)C(F)C(=O)O. The summed E-state index contributed by atoms with van der Waals surface area (Å²) >= 11 is 0. The number of carboxylic acid groups (broad SMARTS) is 1. The maximum atomic E-state index is 13.0. The molecule has 0 amide bonds. The van der Waals surface area contributed by atoms with E-state index in [0.29, 0.717) is 0 Å². The molecule has 0 heterocycles. The van der Waals surface area contributed by atoms with Crippen molar-refractivity contribution in [1.29, 1.82) is 0 Å². The Labute approximate surface area is 84.3 Å². The van der Waals surface area contributed by atoms with Crippen molar-refractivity contribution in [3.8, 4) is 0 Å². The molecule has 15 heavy (non-hydrogen) atoms. The Balaban J connectivity index is 2.96. The highest BCUT2D eigenvalue weighted by Crippen LogP contribution is 2.23. The van der Waals surface area contributed by atoms with Gasteiger partial charge in [-0.2, -0.15) is 0 Å². The molecule has 0 aliphatic heterocycles. The zero-order chi connectivity index (χ0) is 11.6. The first kappa shape index (κ1) is 11.6. The number of halogens is 3. The average molecular weight is 218 g/mol. The number of rotatable bonds is 3. The van der Waals surface area contributed by atoms with Gasteiger partial charge in [-0.25, -0.2) is 18.0 Å². The van der Waals surface area contributed by atoms with Gasteiger partial charge >= 0.3 is 5.97 Å². The van der Waals surface area contributed by atoms with E-state index in [1.165, 1.54) is 13.0 Å². The van der Waals surface area contributed by atoms with Crippen molar-refractivity contribution >= 4 is 5.97 Å². The Hall–Kier alpha value is -1.52. The molecular formula is C10H9F3O2. The lowest BCUT2D eigenvalue weighted by Gasteiger charge is -2.13. The number of benzene rings is 1. The van der Waals surface area contributed by atoms with Crippen LogP contribution in [0.4, 0.5) is 13.2 Å². The van der Waals surface area contributed by atoms with Gasteiger partial charge in [0.1, 0.15) is 0 Å². The topological polar surface area (TPSA) is 37.3 Å². The van der Waals surface area contributed by atoms with Gasteiger partial charge in [-0.3, -0.25) is 0 Å². The summed E-state index contributed by atoms with van der Waals surface area (Å²) in [4.78, 5) is 10.3. The van der Waals surface area contributed by atoms with E-state index in [1.807, 2.05) is 0 Å². The number of aliphatic carboxylic acids is 1. The lowest BCUT2D eigenvalue weighted by molar-refractivity contribution is -0.143. The first-order valence-electron chi connectivity index (χ1n) is 4.25. The molecule has 2 atom stereocenters. The fourth-order valence-corrected chi connectivity index (χ4v) is 1.18. The lowest BCUT2D eigenvalue weighted by Crippen LogP contribution is -2.21. The van der Waals surface area contributed by atoms with Gasteiger partial charge in [-0.05, 0) is 17.7 Å². The summed E-state index contributed by atoms with van der Waals surface area (Å²) in [5, 5.41) is 8.39. The van der Waals surface area contributed by atoms with Crippen molar-refractivity contribution in [3.05, 3.63) is 35.4 Å². The standard InChI is InChI=1S/C10H9F3O2/c1-5(9(13)10(14)15)6-2-3-7(11)8(12)4-6/h2-5,9H,1H3,(H,14,15). The molecule has 0 spiro atoms. The summed E-state index contributed by atoms with van der Waals surface area (Å²) in [6, 6.07) is 2.81. The number of hydrogen-bond acceptors (Lipinski definition) is 1. The summed E-state index contributed by atoms with van der Waals surface area (Å²) in [5.74, 6) is -4.79. The van der Waals surface area contributed by atoms with Gasteiger partial charge < -0.3 is 5.11 Å². The molecule has 82 valence electrons. The third-order valence-corrected chi connectivity index (χ3v) is 2.14. The van der Waals surface area contributed by atoms with Crippen LogP contribution in [0.1, 0.15) is 18.4 Å². The normalized spacial score (nSPS) is 14.7. The molecule has 0 aromatic heterocycles. The minimum atomic E-state index is -2.13. The van der Waals surface area contributed by atoms with Crippen LogP contribution in [0.15, 0.2) is 18.2 Å². The fraction of sp³-hybridized carbons (Fsp3) is 0.300. The first-order chi connectivity index (χ1) is 6.93. The van der Waals surface area contributed by atoms with E-state index >= 15 is 0 Å². The van der Waals surface area contributed by atoms with Gasteiger partial charge in [0.15, 0.2) is 11.6 Å². The molecule has 0 fully saturated rings. The highest BCUT2D eigenvalue weighted by Gasteiger charge is 2.25. The molecule has 1 aromatic rings. The number of alkyl halides is 1. The van der Waals surface area contributed by atoms with Gasteiger partial charge in [-0.15, -0.1) is 0 Å². The second-order valence-corrected chi connectivity index (χ2v) is 3.20. The van der Waals surface area contributed by atoms with Gasteiger partial charge in [0.25, 0.3) is 0 Å². The molecule has 0 saturated heterocycles. The molecule has 0 bridgehead atoms. The average Bonchev–Trinajstić information content (AvgIpc) is 2.19. The van der Waals surface area contributed by atoms with Gasteiger partial charge in [0.2, 0.25) is 6.17 Å². The van der Waals surface area contributed by atoms with Crippen LogP contribution in [0.2, 0.25) is 0 Å². The molecule has 0 radical (unpaired) electrons. The van der Waals surface area contributed by atoms with E-state index in [0.717, 1.165) is 12.1 Å². The van der Waals surface area contributed by atoms with Crippen molar-refractivity contribution in [2.45, 2.75) is 19.0 Å². The summed E-state index contributed by atoms with van der Waals surface area (Å²) < 4.78 is 38.3. The highest BCUT2D eigenvalue weighted by atomic mass is 19.2. The van der Waals surface area contributed by atoms with E-state index in [2.05, 4.69) is 0 Å². The first-order valence-corrected chi connectivity index (χ1v) is 4.25. The zero-order valence-electron chi connectivity index (χ0n) is 7.88. The smallest absolute Gasteiger partial charge is 0.338 e. The Morgan fingerprint density at radius 1 is 1.33 bits per heavy atom. The van der Waals surface area contributed by atoms with Crippen molar-refractivity contribution < 1.29 is 23.1 Å². The van der Waals surface area contributed by atoms with E-state index in [9.17, 15) is 18.0 Å². The maximum absolute atomic E-state index is 13.0. The second-order valence-electron chi connectivity index (χ2n) is 3.20. The Bertz CT molecular complexity index is 379. The van der Waals surface area contributed by atoms with Crippen LogP contribution >= 0.6 is 0 Å². The van der Waals surface area contributed by atoms with Crippen LogP contribution in [-0.2, 0) is 4.79 Å². The molecule has 1 rings (SSSR count).